The van der Waals surface area contributed by atoms with Gasteiger partial charge in [0.1, 0.15) is 5.82 Å². The molecular formula is C21H23N5O3. The molecule has 0 bridgehead atoms. The van der Waals surface area contributed by atoms with Crippen molar-refractivity contribution in [2.24, 2.45) is 0 Å². The molecule has 1 aliphatic heterocycles. The van der Waals surface area contributed by atoms with Crippen LogP contribution in [0.15, 0.2) is 47.1 Å². The van der Waals surface area contributed by atoms with E-state index < -0.39 is 0 Å². The molecule has 0 saturated carbocycles. The van der Waals surface area contributed by atoms with Gasteiger partial charge in [-0.1, -0.05) is 12.1 Å². The Labute approximate surface area is 168 Å². The number of urea groups is 1. The molecule has 3 heterocycles. The number of nitrogens with one attached hydrogen (secondary N) is 2. The lowest BCUT2D eigenvalue weighted by molar-refractivity contribution is 0.185. The molecule has 0 radical (unpaired) electrons. The molecule has 0 aliphatic carbocycles. The molecule has 1 aliphatic rings. The Bertz CT molecular complexity index is 1030. The van der Waals surface area contributed by atoms with Crippen LogP contribution in [0.3, 0.4) is 0 Å². The molecule has 1 saturated heterocycles. The van der Waals surface area contributed by atoms with Crippen LogP contribution in [0.4, 0.5) is 22.3 Å². The number of amides is 2. The lowest BCUT2D eigenvalue weighted by Gasteiger charge is -2.18. The summed E-state index contributed by atoms with van der Waals surface area (Å²) in [6, 6.07) is 10.0. The molecule has 3 aromatic rings. The van der Waals surface area contributed by atoms with E-state index in [0.717, 1.165) is 22.4 Å². The quantitative estimate of drug-likeness (QED) is 0.661. The number of hydrogen-bond donors (Lipinski definition) is 2. The number of carbonyl (C=O) groups excluding carboxylic acids is 1. The van der Waals surface area contributed by atoms with E-state index in [2.05, 4.69) is 20.6 Å². The van der Waals surface area contributed by atoms with E-state index >= 15 is 0 Å². The summed E-state index contributed by atoms with van der Waals surface area (Å²) < 4.78 is 11.1. The fourth-order valence-electron chi connectivity index (χ4n) is 3.29. The predicted octanol–water partition coefficient (Wildman–Crippen LogP) is 3.85. The van der Waals surface area contributed by atoms with Gasteiger partial charge >= 0.3 is 6.03 Å². The predicted molar refractivity (Wildman–Crippen MR) is 110 cm³/mol. The molecule has 1 aromatic carbocycles. The molecular weight excluding hydrogens is 370 g/mol. The van der Waals surface area contributed by atoms with Crippen LogP contribution in [0, 0.1) is 6.92 Å². The Kier molecular flexibility index (Phi) is 5.18. The lowest BCUT2D eigenvalue weighted by atomic mass is 10.1. The lowest BCUT2D eigenvalue weighted by Crippen LogP contribution is -2.32. The molecule has 1 atom stereocenters. The van der Waals surface area contributed by atoms with E-state index in [1.165, 1.54) is 0 Å². The maximum atomic E-state index is 12.1. The number of methoxy groups -OCH3 is 1. The molecule has 29 heavy (non-hydrogen) atoms. The minimum atomic E-state index is -0.145. The number of carbonyl (C=O) groups is 1. The molecule has 150 valence electrons. The Hall–Kier alpha value is -3.39. The van der Waals surface area contributed by atoms with Gasteiger partial charge in [-0.25, -0.2) is 14.8 Å². The summed E-state index contributed by atoms with van der Waals surface area (Å²) in [7, 11) is 1.67. The van der Waals surface area contributed by atoms with Crippen molar-refractivity contribution in [2.45, 2.75) is 26.5 Å². The van der Waals surface area contributed by atoms with Crippen LogP contribution in [-0.2, 0) is 11.3 Å². The summed E-state index contributed by atoms with van der Waals surface area (Å²) in [5, 5.41) is 6.04. The summed E-state index contributed by atoms with van der Waals surface area (Å²) in [5.41, 5.74) is 3.84. The highest BCUT2D eigenvalue weighted by atomic mass is 16.5. The summed E-state index contributed by atoms with van der Waals surface area (Å²) >= 11 is 0. The topological polar surface area (TPSA) is 92.5 Å². The first-order chi connectivity index (χ1) is 14.0. The number of pyridine rings is 1. The van der Waals surface area contributed by atoms with Crippen molar-refractivity contribution < 1.29 is 13.9 Å². The Morgan fingerprint density at radius 2 is 2.17 bits per heavy atom. The largest absolute Gasteiger partial charge is 0.423 e. The van der Waals surface area contributed by atoms with Crippen LogP contribution >= 0.6 is 0 Å². The average Bonchev–Trinajstić information content (AvgIpc) is 3.31. The van der Waals surface area contributed by atoms with Crippen LogP contribution in [0.25, 0.3) is 11.3 Å². The monoisotopic (exact) mass is 393 g/mol. The highest BCUT2D eigenvalue weighted by molar-refractivity contribution is 5.94. The second-order valence-electron chi connectivity index (χ2n) is 7.04. The smallest absolute Gasteiger partial charge is 0.323 e. The second-order valence-corrected chi connectivity index (χ2v) is 7.04. The second kappa shape index (κ2) is 7.92. The van der Waals surface area contributed by atoms with Crippen molar-refractivity contribution in [3.63, 3.8) is 0 Å². The van der Waals surface area contributed by atoms with E-state index in [1.54, 1.807) is 24.4 Å². The molecule has 4 rings (SSSR count). The number of rotatable bonds is 6. The van der Waals surface area contributed by atoms with Crippen molar-refractivity contribution >= 4 is 23.6 Å². The third-order valence-electron chi connectivity index (χ3n) is 4.85. The fraction of sp³-hybridized carbons (Fsp3) is 0.286. The first kappa shape index (κ1) is 18.9. The zero-order chi connectivity index (χ0) is 20.4. The van der Waals surface area contributed by atoms with Crippen LogP contribution in [0.5, 0.6) is 0 Å². The number of hydrogen-bond acceptors (Lipinski definition) is 6. The number of benzene rings is 1. The van der Waals surface area contributed by atoms with Crippen molar-refractivity contribution in [3.05, 3.63) is 53.9 Å². The molecule has 8 heteroatoms. The molecule has 0 spiro atoms. The van der Waals surface area contributed by atoms with Crippen molar-refractivity contribution in [1.82, 2.24) is 15.3 Å². The summed E-state index contributed by atoms with van der Waals surface area (Å²) in [4.78, 5) is 22.4. The molecule has 2 aromatic heterocycles. The Morgan fingerprint density at radius 3 is 2.93 bits per heavy atom. The van der Waals surface area contributed by atoms with Crippen molar-refractivity contribution in [1.29, 1.82) is 0 Å². The number of aromatic nitrogens is 2. The zero-order valence-corrected chi connectivity index (χ0v) is 16.6. The third kappa shape index (κ3) is 3.93. The molecule has 1 fully saturated rings. The minimum absolute atomic E-state index is 0.0413. The SMILES string of the molecule is COCc1ccc(C)c(Nc2ncc(-c3ccnc(N4C(=O)NCC4C)c3)o2)c1. The highest BCUT2D eigenvalue weighted by Gasteiger charge is 2.29. The van der Waals surface area contributed by atoms with Gasteiger partial charge in [-0.05, 0) is 43.2 Å². The van der Waals surface area contributed by atoms with Gasteiger partial charge in [0, 0.05) is 31.1 Å². The van der Waals surface area contributed by atoms with Crippen molar-refractivity contribution in [2.75, 3.05) is 23.9 Å². The number of oxazole rings is 1. The molecule has 2 amide bonds. The standard InChI is InChI=1S/C21H23N5O3/c1-13-4-5-15(12-28-3)8-17(13)25-20-23-11-18(29-20)16-6-7-22-19(9-16)26-14(2)10-24-21(26)27/h4-9,11,14H,10,12H2,1-3H3,(H,23,25)(H,24,27). The summed E-state index contributed by atoms with van der Waals surface area (Å²) in [6.45, 7) is 5.12. The summed E-state index contributed by atoms with van der Waals surface area (Å²) in [6.07, 6.45) is 3.32. The number of aryl methyl sites for hydroxylation is 1. The van der Waals surface area contributed by atoms with E-state index in [1.807, 2.05) is 44.2 Å². The molecule has 2 N–H and O–H groups in total. The van der Waals surface area contributed by atoms with Crippen LogP contribution < -0.4 is 15.5 Å². The fourth-order valence-corrected chi connectivity index (χ4v) is 3.29. The zero-order valence-electron chi connectivity index (χ0n) is 16.6. The van der Waals surface area contributed by atoms with Crippen LogP contribution in [0.1, 0.15) is 18.1 Å². The van der Waals surface area contributed by atoms with Crippen LogP contribution in [0.2, 0.25) is 0 Å². The average molecular weight is 393 g/mol. The Morgan fingerprint density at radius 1 is 1.31 bits per heavy atom. The maximum Gasteiger partial charge on any atom is 0.323 e. The first-order valence-corrected chi connectivity index (χ1v) is 9.40. The van der Waals surface area contributed by atoms with Gasteiger partial charge in [-0.15, -0.1) is 0 Å². The van der Waals surface area contributed by atoms with Gasteiger partial charge in [0.15, 0.2) is 5.76 Å². The van der Waals surface area contributed by atoms with E-state index in [0.29, 0.717) is 30.7 Å². The normalized spacial score (nSPS) is 16.2. The Balaban J connectivity index is 1.56. The summed E-state index contributed by atoms with van der Waals surface area (Å²) in [5.74, 6) is 1.17. The van der Waals surface area contributed by atoms with E-state index in [-0.39, 0.29) is 12.1 Å². The van der Waals surface area contributed by atoms with Gasteiger partial charge in [0.05, 0.1) is 18.8 Å². The van der Waals surface area contributed by atoms with Gasteiger partial charge in [-0.2, -0.15) is 0 Å². The van der Waals surface area contributed by atoms with Gasteiger partial charge < -0.3 is 19.8 Å². The molecule has 8 nitrogen and oxygen atoms in total. The van der Waals surface area contributed by atoms with E-state index in [9.17, 15) is 4.79 Å². The van der Waals surface area contributed by atoms with Gasteiger partial charge in [0.25, 0.3) is 6.01 Å². The number of nitrogens with zero attached hydrogens (tertiary/aromatic N) is 3. The molecule has 1 unspecified atom stereocenters. The van der Waals surface area contributed by atoms with Crippen LogP contribution in [-0.4, -0.2) is 35.7 Å². The van der Waals surface area contributed by atoms with Crippen molar-refractivity contribution in [3.8, 4) is 11.3 Å². The minimum Gasteiger partial charge on any atom is -0.423 e. The van der Waals surface area contributed by atoms with Gasteiger partial charge in [-0.3, -0.25) is 4.90 Å². The van der Waals surface area contributed by atoms with Gasteiger partial charge in [0.2, 0.25) is 0 Å². The number of ether oxygens (including phenoxy) is 1. The number of anilines is 3. The third-order valence-corrected chi connectivity index (χ3v) is 4.85. The first-order valence-electron chi connectivity index (χ1n) is 9.40. The van der Waals surface area contributed by atoms with E-state index in [4.69, 9.17) is 9.15 Å². The highest BCUT2D eigenvalue weighted by Crippen LogP contribution is 2.29. The maximum absolute atomic E-state index is 12.1.